The molecule has 0 amide bonds. The van der Waals surface area contributed by atoms with Gasteiger partial charge in [0.25, 0.3) is 10.1 Å². The Kier molecular flexibility index (Phi) is 4.03. The second-order valence-electron chi connectivity index (χ2n) is 5.50. The molecule has 0 spiro atoms. The Hall–Kier alpha value is -0.830. The third-order valence-corrected chi connectivity index (χ3v) is 4.75. The first-order valence-corrected chi connectivity index (χ1v) is 7.89. The number of hydrogen-bond donors (Lipinski definition) is 1. The maximum atomic E-state index is 12.6. The highest BCUT2D eigenvalue weighted by Crippen LogP contribution is 2.49. The summed E-state index contributed by atoms with van der Waals surface area (Å²) in [6, 6.07) is 0. The molecule has 1 N–H and O–H groups in total. The molecular formula is C11H15F3O5S. The van der Waals surface area contributed by atoms with Crippen molar-refractivity contribution in [3.8, 4) is 0 Å². The number of fused-ring (bicyclic) bond motifs is 2. The SMILES string of the molecule is O=C(OC(CS(=O)(=O)O)C(F)(F)F)C1C[C@H]2CC[C@H]1C2. The van der Waals surface area contributed by atoms with E-state index in [1.165, 1.54) is 0 Å². The van der Waals surface area contributed by atoms with Gasteiger partial charge in [0.05, 0.1) is 5.92 Å². The number of alkyl halides is 3. The standard InChI is InChI=1S/C11H15F3O5S/c12-11(13,14)9(5-20(16,17)18)19-10(15)8-4-6-1-2-7(8)3-6/h6-9H,1-5H2,(H,16,17,18)/t6-,7-,8?,9?/m0/s1. The van der Waals surface area contributed by atoms with E-state index < -0.39 is 40.0 Å². The summed E-state index contributed by atoms with van der Waals surface area (Å²) in [7, 11) is -4.88. The van der Waals surface area contributed by atoms with Crippen molar-refractivity contribution in [2.45, 2.75) is 38.0 Å². The number of hydrogen-bond acceptors (Lipinski definition) is 4. The van der Waals surface area contributed by atoms with Crippen LogP contribution >= 0.6 is 0 Å². The lowest BCUT2D eigenvalue weighted by Crippen LogP contribution is -2.41. The Morgan fingerprint density at radius 1 is 1.30 bits per heavy atom. The van der Waals surface area contributed by atoms with Crippen LogP contribution in [0.3, 0.4) is 0 Å². The molecule has 2 aliphatic carbocycles. The Bertz CT molecular complexity index is 487. The van der Waals surface area contributed by atoms with Gasteiger partial charge < -0.3 is 4.74 Å². The highest BCUT2D eigenvalue weighted by Gasteiger charge is 2.49. The highest BCUT2D eigenvalue weighted by molar-refractivity contribution is 7.85. The quantitative estimate of drug-likeness (QED) is 0.632. The van der Waals surface area contributed by atoms with Gasteiger partial charge in [0, 0.05) is 0 Å². The molecule has 2 bridgehead atoms. The maximum Gasteiger partial charge on any atom is 0.426 e. The van der Waals surface area contributed by atoms with Crippen molar-refractivity contribution >= 4 is 16.1 Å². The van der Waals surface area contributed by atoms with Crippen molar-refractivity contribution in [1.29, 1.82) is 0 Å². The molecule has 4 atom stereocenters. The Morgan fingerprint density at radius 3 is 2.35 bits per heavy atom. The second kappa shape index (κ2) is 5.18. The summed E-state index contributed by atoms with van der Waals surface area (Å²) in [5.74, 6) is -2.87. The van der Waals surface area contributed by atoms with E-state index in [4.69, 9.17) is 4.55 Å². The lowest BCUT2D eigenvalue weighted by molar-refractivity contribution is -0.218. The third kappa shape index (κ3) is 3.63. The van der Waals surface area contributed by atoms with Gasteiger partial charge in [-0.2, -0.15) is 21.6 Å². The van der Waals surface area contributed by atoms with E-state index in [2.05, 4.69) is 4.74 Å². The lowest BCUT2D eigenvalue weighted by atomic mass is 9.89. The van der Waals surface area contributed by atoms with Crippen molar-refractivity contribution < 1.29 is 35.7 Å². The van der Waals surface area contributed by atoms with Gasteiger partial charge in [-0.1, -0.05) is 6.42 Å². The third-order valence-electron chi connectivity index (χ3n) is 4.03. The Morgan fingerprint density at radius 2 is 1.95 bits per heavy atom. The van der Waals surface area contributed by atoms with Gasteiger partial charge in [0.15, 0.2) is 0 Å². The van der Waals surface area contributed by atoms with Crippen LogP contribution in [-0.2, 0) is 19.6 Å². The molecule has 0 aliphatic heterocycles. The summed E-state index contributed by atoms with van der Waals surface area (Å²) < 4.78 is 71.9. The molecule has 0 heterocycles. The van der Waals surface area contributed by atoms with Crippen molar-refractivity contribution in [1.82, 2.24) is 0 Å². The molecule has 0 aromatic heterocycles. The molecule has 2 fully saturated rings. The van der Waals surface area contributed by atoms with Gasteiger partial charge in [-0.3, -0.25) is 9.35 Å². The summed E-state index contributed by atoms with van der Waals surface area (Å²) in [6.07, 6.45) is -4.76. The van der Waals surface area contributed by atoms with E-state index >= 15 is 0 Å². The van der Waals surface area contributed by atoms with Crippen LogP contribution in [0.4, 0.5) is 13.2 Å². The fourth-order valence-corrected chi connectivity index (χ4v) is 3.79. The highest BCUT2D eigenvalue weighted by atomic mass is 32.2. The monoisotopic (exact) mass is 316 g/mol. The average Bonchev–Trinajstić information content (AvgIpc) is 2.86. The van der Waals surface area contributed by atoms with Gasteiger partial charge in [-0.25, -0.2) is 0 Å². The summed E-state index contributed by atoms with van der Waals surface area (Å²) in [5, 5.41) is 0. The van der Waals surface area contributed by atoms with Gasteiger partial charge in [-0.15, -0.1) is 0 Å². The van der Waals surface area contributed by atoms with Crippen molar-refractivity contribution in [2.75, 3.05) is 5.75 Å². The summed E-state index contributed by atoms with van der Waals surface area (Å²) in [4.78, 5) is 11.8. The Balaban J connectivity index is 2.02. The molecule has 0 aromatic rings. The molecule has 0 radical (unpaired) electrons. The fourth-order valence-electron chi connectivity index (χ4n) is 3.15. The minimum atomic E-state index is -5.02. The Labute approximate surface area is 114 Å². The molecule has 2 saturated carbocycles. The van der Waals surface area contributed by atoms with Crippen molar-refractivity contribution in [3.63, 3.8) is 0 Å². The first-order chi connectivity index (χ1) is 9.06. The number of rotatable bonds is 4. The fraction of sp³-hybridized carbons (Fsp3) is 0.909. The summed E-state index contributed by atoms with van der Waals surface area (Å²) >= 11 is 0. The van der Waals surface area contributed by atoms with Crippen molar-refractivity contribution in [3.05, 3.63) is 0 Å². The lowest BCUT2D eigenvalue weighted by Gasteiger charge is -2.24. The predicted octanol–water partition coefficient (Wildman–Crippen LogP) is 1.78. The van der Waals surface area contributed by atoms with Crippen molar-refractivity contribution in [2.24, 2.45) is 17.8 Å². The molecule has 2 rings (SSSR count). The first-order valence-electron chi connectivity index (χ1n) is 6.28. The largest absolute Gasteiger partial charge is 0.451 e. The van der Waals surface area contributed by atoms with E-state index in [9.17, 15) is 26.4 Å². The first kappa shape index (κ1) is 15.6. The minimum Gasteiger partial charge on any atom is -0.451 e. The van der Waals surface area contributed by atoms with Gasteiger partial charge in [-0.05, 0) is 31.1 Å². The smallest absolute Gasteiger partial charge is 0.426 e. The topological polar surface area (TPSA) is 80.7 Å². The zero-order valence-electron chi connectivity index (χ0n) is 10.5. The molecule has 0 aromatic carbocycles. The molecule has 2 unspecified atom stereocenters. The second-order valence-corrected chi connectivity index (χ2v) is 6.99. The van der Waals surface area contributed by atoms with E-state index in [0.717, 1.165) is 19.3 Å². The van der Waals surface area contributed by atoms with Crippen LogP contribution in [0.2, 0.25) is 0 Å². The van der Waals surface area contributed by atoms with Crippen LogP contribution in [-0.4, -0.2) is 37.0 Å². The van der Waals surface area contributed by atoms with Gasteiger partial charge >= 0.3 is 12.1 Å². The predicted molar refractivity (Wildman–Crippen MR) is 61.3 cm³/mol. The van der Waals surface area contributed by atoms with Gasteiger partial charge in [0.1, 0.15) is 5.75 Å². The molecule has 9 heteroatoms. The van der Waals surface area contributed by atoms with Crippen LogP contribution in [0.1, 0.15) is 25.7 Å². The van der Waals surface area contributed by atoms with Crippen LogP contribution in [0.25, 0.3) is 0 Å². The van der Waals surface area contributed by atoms with Gasteiger partial charge in [0.2, 0.25) is 6.10 Å². The van der Waals surface area contributed by atoms with E-state index in [-0.39, 0.29) is 5.92 Å². The zero-order valence-corrected chi connectivity index (χ0v) is 11.3. The number of carbonyl (C=O) groups is 1. The average molecular weight is 316 g/mol. The van der Waals surface area contributed by atoms with Crippen LogP contribution < -0.4 is 0 Å². The van der Waals surface area contributed by atoms with E-state index in [1.807, 2.05) is 0 Å². The van der Waals surface area contributed by atoms with E-state index in [0.29, 0.717) is 12.3 Å². The van der Waals surface area contributed by atoms with E-state index in [1.54, 1.807) is 0 Å². The van der Waals surface area contributed by atoms with Crippen LogP contribution in [0.5, 0.6) is 0 Å². The minimum absolute atomic E-state index is 0.0344. The molecule has 5 nitrogen and oxygen atoms in total. The zero-order chi connectivity index (χ0) is 15.1. The number of carbonyl (C=O) groups excluding carboxylic acids is 1. The summed E-state index contributed by atoms with van der Waals surface area (Å²) in [6.45, 7) is 0. The number of esters is 1. The molecule has 0 saturated heterocycles. The molecular weight excluding hydrogens is 301 g/mol. The van der Waals surface area contributed by atoms with Crippen LogP contribution in [0.15, 0.2) is 0 Å². The molecule has 20 heavy (non-hydrogen) atoms. The molecule has 2 aliphatic rings. The summed E-state index contributed by atoms with van der Waals surface area (Å²) in [5.41, 5.74) is 0. The maximum absolute atomic E-state index is 12.6. The van der Waals surface area contributed by atoms with Crippen LogP contribution in [0, 0.1) is 17.8 Å². The number of halogens is 3. The normalized spacial score (nSPS) is 31.3. The number of ether oxygens (including phenoxy) is 1. The molecule has 116 valence electrons.